The Bertz CT molecular complexity index is 718. The minimum absolute atomic E-state index is 0.0320. The first kappa shape index (κ1) is 17.5. The van der Waals surface area contributed by atoms with Crippen LogP contribution in [0.25, 0.3) is 0 Å². The number of carbonyl (C=O) groups is 1. The van der Waals surface area contributed by atoms with E-state index in [-0.39, 0.29) is 12.5 Å². The topological polar surface area (TPSA) is 50.8 Å². The average molecular weight is 340 g/mol. The number of amides is 1. The Kier molecular flexibility index (Phi) is 6.04. The van der Waals surface area contributed by atoms with Gasteiger partial charge in [-0.3, -0.25) is 4.79 Å². The molecule has 25 heavy (non-hydrogen) atoms. The molecule has 1 N–H and O–H groups in total. The lowest BCUT2D eigenvalue weighted by molar-refractivity contribution is -0.121. The molecular weight excluding hydrogens is 316 g/mol. The van der Waals surface area contributed by atoms with Crippen LogP contribution in [0.2, 0.25) is 0 Å². The summed E-state index contributed by atoms with van der Waals surface area (Å²) in [7, 11) is 1.61. The standard InChI is InChI=1S/C20H24N2O3/c1-24-12-13-25-15-20(23)21-18-8-4-2-7-17(18)14-22-11-10-16-6-3-5-9-19(16)22/h2-9H,10-15H2,1H3,(H,21,23). The van der Waals surface area contributed by atoms with E-state index >= 15 is 0 Å². The fraction of sp³-hybridized carbons (Fsp3) is 0.350. The Balaban J connectivity index is 1.63. The number of hydrogen-bond donors (Lipinski definition) is 1. The Morgan fingerprint density at radius 2 is 1.92 bits per heavy atom. The lowest BCUT2D eigenvalue weighted by Gasteiger charge is -2.21. The van der Waals surface area contributed by atoms with Gasteiger partial charge in [-0.25, -0.2) is 0 Å². The molecule has 5 nitrogen and oxygen atoms in total. The summed E-state index contributed by atoms with van der Waals surface area (Å²) in [5.74, 6) is -0.148. The largest absolute Gasteiger partial charge is 0.382 e. The summed E-state index contributed by atoms with van der Waals surface area (Å²) in [4.78, 5) is 14.4. The second-order valence-corrected chi connectivity index (χ2v) is 6.05. The number of rotatable bonds is 8. The number of benzene rings is 2. The van der Waals surface area contributed by atoms with Crippen LogP contribution in [0.1, 0.15) is 11.1 Å². The van der Waals surface area contributed by atoms with Crippen molar-refractivity contribution < 1.29 is 14.3 Å². The summed E-state index contributed by atoms with van der Waals surface area (Å²) in [6, 6.07) is 16.4. The van der Waals surface area contributed by atoms with Crippen molar-refractivity contribution in [3.05, 3.63) is 59.7 Å². The van der Waals surface area contributed by atoms with Crippen molar-refractivity contribution in [1.82, 2.24) is 0 Å². The molecule has 0 saturated heterocycles. The number of anilines is 2. The van der Waals surface area contributed by atoms with E-state index in [0.29, 0.717) is 13.2 Å². The van der Waals surface area contributed by atoms with Crippen LogP contribution in [0.4, 0.5) is 11.4 Å². The van der Waals surface area contributed by atoms with Gasteiger partial charge in [0, 0.05) is 31.6 Å². The van der Waals surface area contributed by atoms with Gasteiger partial charge in [0.15, 0.2) is 0 Å². The Hall–Kier alpha value is -2.37. The highest BCUT2D eigenvalue weighted by molar-refractivity contribution is 5.92. The molecule has 1 heterocycles. The fourth-order valence-corrected chi connectivity index (χ4v) is 3.05. The summed E-state index contributed by atoms with van der Waals surface area (Å²) in [5.41, 5.74) is 4.61. The number of fused-ring (bicyclic) bond motifs is 1. The van der Waals surface area contributed by atoms with Gasteiger partial charge >= 0.3 is 0 Å². The number of methoxy groups -OCH3 is 1. The molecule has 0 atom stereocenters. The van der Waals surface area contributed by atoms with Crippen molar-refractivity contribution >= 4 is 17.3 Å². The van der Waals surface area contributed by atoms with Crippen LogP contribution in [0, 0.1) is 0 Å². The first-order valence-electron chi connectivity index (χ1n) is 8.55. The number of carbonyl (C=O) groups excluding carboxylic acids is 1. The third-order valence-electron chi connectivity index (χ3n) is 4.30. The highest BCUT2D eigenvalue weighted by atomic mass is 16.5. The van der Waals surface area contributed by atoms with Crippen LogP contribution in [0.15, 0.2) is 48.5 Å². The highest BCUT2D eigenvalue weighted by Crippen LogP contribution is 2.30. The van der Waals surface area contributed by atoms with E-state index in [1.165, 1.54) is 11.3 Å². The molecule has 5 heteroatoms. The summed E-state index contributed by atoms with van der Waals surface area (Å²) in [6.07, 6.45) is 1.07. The molecule has 0 saturated carbocycles. The molecule has 3 rings (SSSR count). The monoisotopic (exact) mass is 340 g/mol. The molecule has 2 aromatic carbocycles. The quantitative estimate of drug-likeness (QED) is 0.751. The average Bonchev–Trinajstić information content (AvgIpc) is 3.04. The van der Waals surface area contributed by atoms with Gasteiger partial charge in [-0.05, 0) is 29.7 Å². The van der Waals surface area contributed by atoms with Gasteiger partial charge in [-0.2, -0.15) is 0 Å². The zero-order valence-corrected chi connectivity index (χ0v) is 14.5. The van der Waals surface area contributed by atoms with Crippen molar-refractivity contribution in [2.45, 2.75) is 13.0 Å². The predicted octanol–water partition coefficient (Wildman–Crippen LogP) is 2.85. The minimum atomic E-state index is -0.148. The molecule has 0 aromatic heterocycles. The predicted molar refractivity (Wildman–Crippen MR) is 99.0 cm³/mol. The van der Waals surface area contributed by atoms with Gasteiger partial charge in [-0.1, -0.05) is 36.4 Å². The maximum atomic E-state index is 12.1. The summed E-state index contributed by atoms with van der Waals surface area (Å²) in [6.45, 7) is 2.71. The second-order valence-electron chi connectivity index (χ2n) is 6.05. The first-order chi connectivity index (χ1) is 12.3. The van der Waals surface area contributed by atoms with Crippen LogP contribution in [-0.2, 0) is 27.2 Å². The zero-order chi connectivity index (χ0) is 17.5. The lowest BCUT2D eigenvalue weighted by Crippen LogP contribution is -2.23. The number of nitrogens with zero attached hydrogens (tertiary/aromatic N) is 1. The lowest BCUT2D eigenvalue weighted by atomic mass is 10.1. The van der Waals surface area contributed by atoms with Crippen molar-refractivity contribution in [3.63, 3.8) is 0 Å². The molecule has 132 valence electrons. The van der Waals surface area contributed by atoms with Crippen molar-refractivity contribution in [2.24, 2.45) is 0 Å². The molecule has 1 aliphatic heterocycles. The minimum Gasteiger partial charge on any atom is -0.382 e. The normalized spacial score (nSPS) is 12.9. The van der Waals surface area contributed by atoms with E-state index in [0.717, 1.165) is 30.8 Å². The molecule has 2 aromatic rings. The van der Waals surface area contributed by atoms with E-state index in [4.69, 9.17) is 9.47 Å². The molecule has 0 bridgehead atoms. The van der Waals surface area contributed by atoms with Crippen LogP contribution in [0.5, 0.6) is 0 Å². The summed E-state index contributed by atoms with van der Waals surface area (Å²) >= 11 is 0. The number of hydrogen-bond acceptors (Lipinski definition) is 4. The summed E-state index contributed by atoms with van der Waals surface area (Å²) in [5, 5.41) is 2.95. The van der Waals surface area contributed by atoms with E-state index in [9.17, 15) is 4.79 Å². The Morgan fingerprint density at radius 3 is 2.80 bits per heavy atom. The van der Waals surface area contributed by atoms with Crippen LogP contribution in [-0.4, -0.2) is 39.4 Å². The van der Waals surface area contributed by atoms with Crippen LogP contribution < -0.4 is 10.2 Å². The zero-order valence-electron chi connectivity index (χ0n) is 14.5. The molecule has 0 spiro atoms. The highest BCUT2D eigenvalue weighted by Gasteiger charge is 2.19. The van der Waals surface area contributed by atoms with Gasteiger partial charge in [0.1, 0.15) is 6.61 Å². The Morgan fingerprint density at radius 1 is 1.12 bits per heavy atom. The number of para-hydroxylation sites is 2. The molecule has 0 fully saturated rings. The second kappa shape index (κ2) is 8.65. The number of nitrogens with one attached hydrogen (secondary N) is 1. The van der Waals surface area contributed by atoms with E-state index in [1.54, 1.807) is 7.11 Å². The van der Waals surface area contributed by atoms with Gasteiger partial charge in [0.05, 0.1) is 13.2 Å². The molecular formula is C20H24N2O3. The third kappa shape index (κ3) is 4.59. The van der Waals surface area contributed by atoms with Crippen LogP contribution in [0.3, 0.4) is 0 Å². The molecule has 0 aliphatic carbocycles. The van der Waals surface area contributed by atoms with Crippen molar-refractivity contribution in [1.29, 1.82) is 0 Å². The van der Waals surface area contributed by atoms with Gasteiger partial charge < -0.3 is 19.7 Å². The van der Waals surface area contributed by atoms with Crippen molar-refractivity contribution in [2.75, 3.05) is 43.7 Å². The molecule has 0 radical (unpaired) electrons. The molecule has 1 amide bonds. The van der Waals surface area contributed by atoms with Crippen molar-refractivity contribution in [3.8, 4) is 0 Å². The SMILES string of the molecule is COCCOCC(=O)Nc1ccccc1CN1CCc2ccccc21. The third-order valence-corrected chi connectivity index (χ3v) is 4.30. The number of ether oxygens (including phenoxy) is 2. The van der Waals surface area contributed by atoms with E-state index < -0.39 is 0 Å². The maximum absolute atomic E-state index is 12.1. The van der Waals surface area contributed by atoms with Gasteiger partial charge in [0.25, 0.3) is 0 Å². The van der Waals surface area contributed by atoms with Crippen LogP contribution >= 0.6 is 0 Å². The van der Waals surface area contributed by atoms with Gasteiger partial charge in [-0.15, -0.1) is 0 Å². The summed E-state index contributed by atoms with van der Waals surface area (Å²) < 4.78 is 10.2. The van der Waals surface area contributed by atoms with Gasteiger partial charge in [0.2, 0.25) is 5.91 Å². The molecule has 1 aliphatic rings. The molecule has 0 unspecified atom stereocenters. The van der Waals surface area contributed by atoms with E-state index in [1.807, 2.05) is 18.2 Å². The Labute approximate surface area is 148 Å². The fourth-order valence-electron chi connectivity index (χ4n) is 3.05. The maximum Gasteiger partial charge on any atom is 0.250 e. The van der Waals surface area contributed by atoms with E-state index in [2.05, 4.69) is 40.5 Å². The smallest absolute Gasteiger partial charge is 0.250 e. The first-order valence-corrected chi connectivity index (χ1v) is 8.55.